The molecule has 7 heteroatoms. The summed E-state index contributed by atoms with van der Waals surface area (Å²) in [5.41, 5.74) is 4.78. The number of aliphatic hydroxyl groups excluding tert-OH is 1. The van der Waals surface area contributed by atoms with Crippen LogP contribution in [0.2, 0.25) is 0 Å². The largest absolute Gasteiger partial charge is 0.491 e. The Labute approximate surface area is 271 Å². The average Bonchev–Trinajstić information content (AvgIpc) is 4.01. The Morgan fingerprint density at radius 3 is 1.39 bits per heavy atom. The van der Waals surface area contributed by atoms with Crippen LogP contribution in [0.1, 0.15) is 60.3 Å². The lowest BCUT2D eigenvalue weighted by atomic mass is 9.78. The first-order valence-electron chi connectivity index (χ1n) is 15.9. The highest BCUT2D eigenvalue weighted by molar-refractivity contribution is 6.00. The van der Waals surface area contributed by atoms with Crippen LogP contribution in [0, 0.1) is 0 Å². The van der Waals surface area contributed by atoms with Crippen LogP contribution in [0.4, 0.5) is 0 Å². The number of carbonyl (C=O) groups excluding carboxylic acids is 1. The zero-order chi connectivity index (χ0) is 32.3. The fourth-order valence-corrected chi connectivity index (χ4v) is 5.46. The maximum absolute atomic E-state index is 12.3. The van der Waals surface area contributed by atoms with Gasteiger partial charge < -0.3 is 28.8 Å². The summed E-state index contributed by atoms with van der Waals surface area (Å²) in [5, 5.41) is 10.5. The molecule has 2 aliphatic heterocycles. The molecule has 0 bridgehead atoms. The van der Waals surface area contributed by atoms with Gasteiger partial charge in [0.05, 0.1) is 13.2 Å². The number of hydrogen-bond acceptors (Lipinski definition) is 7. The molecule has 2 aliphatic rings. The Morgan fingerprint density at radius 2 is 1.02 bits per heavy atom. The number of Topliss-reactive ketones (excluding diaryl/α,β-unsaturated/α-hetero) is 1. The van der Waals surface area contributed by atoms with E-state index in [-0.39, 0.29) is 42.0 Å². The molecule has 3 unspecified atom stereocenters. The summed E-state index contributed by atoms with van der Waals surface area (Å²) in [6.07, 6.45) is -0.827. The predicted molar refractivity (Wildman–Crippen MR) is 176 cm³/mol. The minimum atomic E-state index is -0.790. The second kappa shape index (κ2) is 13.3. The molecule has 3 atom stereocenters. The fraction of sp³-hybridized carbons (Fsp3) is 0.359. The molecule has 4 aromatic rings. The minimum absolute atomic E-state index is 0.0418. The molecule has 0 aliphatic carbocycles. The van der Waals surface area contributed by atoms with Crippen molar-refractivity contribution in [1.82, 2.24) is 0 Å². The third kappa shape index (κ3) is 7.61. The normalized spacial score (nSPS) is 18.0. The maximum Gasteiger partial charge on any atom is 0.193 e. The number of benzene rings is 4. The van der Waals surface area contributed by atoms with Gasteiger partial charge in [0, 0.05) is 16.4 Å². The quantitative estimate of drug-likeness (QED) is 0.119. The smallest absolute Gasteiger partial charge is 0.193 e. The van der Waals surface area contributed by atoms with Gasteiger partial charge in [0.1, 0.15) is 55.4 Å². The lowest BCUT2D eigenvalue weighted by Crippen LogP contribution is -2.25. The molecule has 1 N–H and O–H groups in total. The van der Waals surface area contributed by atoms with Crippen LogP contribution in [-0.2, 0) is 20.3 Å². The van der Waals surface area contributed by atoms with Gasteiger partial charge in [-0.15, -0.1) is 0 Å². The third-order valence-electron chi connectivity index (χ3n) is 8.97. The van der Waals surface area contributed by atoms with Crippen molar-refractivity contribution >= 4 is 5.78 Å². The number of carbonyl (C=O) groups is 1. The van der Waals surface area contributed by atoms with E-state index in [9.17, 15) is 9.90 Å². The molecule has 0 spiro atoms. The van der Waals surface area contributed by atoms with Gasteiger partial charge in [-0.25, -0.2) is 0 Å². The Kier molecular flexibility index (Phi) is 9.18. The highest BCUT2D eigenvalue weighted by Crippen LogP contribution is 2.35. The fourth-order valence-electron chi connectivity index (χ4n) is 5.46. The van der Waals surface area contributed by atoms with Gasteiger partial charge >= 0.3 is 0 Å². The maximum atomic E-state index is 12.3. The summed E-state index contributed by atoms with van der Waals surface area (Å²) >= 11 is 0. The van der Waals surface area contributed by atoms with Gasteiger partial charge in [0.25, 0.3) is 0 Å². The summed E-state index contributed by atoms with van der Waals surface area (Å²) in [4.78, 5) is 12.3. The van der Waals surface area contributed by atoms with Crippen molar-refractivity contribution in [2.24, 2.45) is 0 Å². The van der Waals surface area contributed by atoms with Gasteiger partial charge in [0.15, 0.2) is 5.78 Å². The van der Waals surface area contributed by atoms with Gasteiger partial charge in [-0.3, -0.25) is 4.79 Å². The van der Waals surface area contributed by atoms with Gasteiger partial charge in [0.2, 0.25) is 0 Å². The second-order valence-electron chi connectivity index (χ2n) is 13.1. The molecular formula is C39H42O7. The van der Waals surface area contributed by atoms with Crippen molar-refractivity contribution < 1.29 is 33.6 Å². The summed E-state index contributed by atoms with van der Waals surface area (Å²) in [6, 6.07) is 31.9. The van der Waals surface area contributed by atoms with Gasteiger partial charge in [-0.2, -0.15) is 0 Å². The van der Waals surface area contributed by atoms with E-state index in [0.29, 0.717) is 30.3 Å². The van der Waals surface area contributed by atoms with Crippen molar-refractivity contribution in [3.63, 3.8) is 0 Å². The van der Waals surface area contributed by atoms with E-state index in [4.69, 9.17) is 23.7 Å². The van der Waals surface area contributed by atoms with E-state index >= 15 is 0 Å². The molecule has 0 aromatic heterocycles. The highest BCUT2D eigenvalue weighted by Gasteiger charge is 2.32. The van der Waals surface area contributed by atoms with E-state index in [1.165, 1.54) is 5.56 Å². The first-order chi connectivity index (χ1) is 22.1. The number of hydrogen-bond donors (Lipinski definition) is 1. The lowest BCUT2D eigenvalue weighted by molar-refractivity contribution is 0.0626. The summed E-state index contributed by atoms with van der Waals surface area (Å²) in [7, 11) is 0. The molecule has 2 heterocycles. The molecule has 0 radical (unpaired) electrons. The highest BCUT2D eigenvalue weighted by atomic mass is 16.6. The van der Waals surface area contributed by atoms with Crippen molar-refractivity contribution in [1.29, 1.82) is 0 Å². The van der Waals surface area contributed by atoms with E-state index in [2.05, 4.69) is 52.0 Å². The van der Waals surface area contributed by atoms with E-state index in [0.717, 1.165) is 29.0 Å². The Hall–Kier alpha value is -4.17. The predicted octanol–water partition coefficient (Wildman–Crippen LogP) is 6.52. The van der Waals surface area contributed by atoms with Crippen molar-refractivity contribution in [3.8, 4) is 17.2 Å². The minimum Gasteiger partial charge on any atom is -0.491 e. The molecule has 240 valence electrons. The summed E-state index contributed by atoms with van der Waals surface area (Å²) in [6.45, 7) is 10.8. The Balaban J connectivity index is 0.964. The van der Waals surface area contributed by atoms with Crippen LogP contribution in [0.15, 0.2) is 97.1 Å². The molecule has 0 saturated carbocycles. The Morgan fingerprint density at radius 1 is 0.652 bits per heavy atom. The molecule has 2 saturated heterocycles. The van der Waals surface area contributed by atoms with E-state index in [1.54, 1.807) is 0 Å². The summed E-state index contributed by atoms with van der Waals surface area (Å²) in [5.74, 6) is 2.25. The van der Waals surface area contributed by atoms with E-state index < -0.39 is 6.10 Å². The van der Waals surface area contributed by atoms with Crippen molar-refractivity contribution in [3.05, 3.63) is 125 Å². The summed E-state index contributed by atoms with van der Waals surface area (Å²) < 4.78 is 27.8. The lowest BCUT2D eigenvalue weighted by Gasteiger charge is -2.26. The van der Waals surface area contributed by atoms with Crippen LogP contribution in [-0.4, -0.2) is 62.2 Å². The first kappa shape index (κ1) is 31.8. The van der Waals surface area contributed by atoms with Crippen molar-refractivity contribution in [2.75, 3.05) is 33.0 Å². The first-order valence-corrected chi connectivity index (χ1v) is 15.9. The molecule has 2 fully saturated rings. The van der Waals surface area contributed by atoms with Crippen LogP contribution in [0.5, 0.6) is 17.2 Å². The molecule has 46 heavy (non-hydrogen) atoms. The zero-order valence-corrected chi connectivity index (χ0v) is 26.9. The van der Waals surface area contributed by atoms with Crippen LogP contribution in [0.25, 0.3) is 0 Å². The van der Waals surface area contributed by atoms with Gasteiger partial charge in [-0.1, -0.05) is 88.4 Å². The SMILES string of the molecule is CC(C)(c1ccc(OCC(O)COc2ccc(C(C)(C)c3ccc(C(=O)C4CO4)cc3)cc2)cc1)c1ccc(OCC2CO2)cc1. The number of rotatable bonds is 15. The molecule has 6 rings (SSSR count). The topological polar surface area (TPSA) is 90.0 Å². The zero-order valence-electron chi connectivity index (χ0n) is 26.9. The number of aliphatic hydroxyl groups is 1. The van der Waals surface area contributed by atoms with E-state index in [1.807, 2.05) is 72.8 Å². The molecule has 0 amide bonds. The van der Waals surface area contributed by atoms with Crippen LogP contribution in [0.3, 0.4) is 0 Å². The third-order valence-corrected chi connectivity index (χ3v) is 8.97. The monoisotopic (exact) mass is 622 g/mol. The van der Waals surface area contributed by atoms with Crippen LogP contribution < -0.4 is 14.2 Å². The Bertz CT molecular complexity index is 1600. The molecule has 7 nitrogen and oxygen atoms in total. The number of ketones is 1. The molecule has 4 aromatic carbocycles. The molecular weight excluding hydrogens is 580 g/mol. The number of ether oxygens (including phenoxy) is 5. The second-order valence-corrected chi connectivity index (χ2v) is 13.1. The van der Waals surface area contributed by atoms with Crippen molar-refractivity contribution in [2.45, 2.75) is 56.8 Å². The standard InChI is InChI=1S/C39H42O7/c1-38(2,27-7-5-26(6-8-27)37(41)36-25-46-36)28-9-15-32(16-10-28)42-21-31(40)22-43-33-17-11-29(12-18-33)39(3,4)30-13-19-34(20-14-30)44-23-35-24-45-35/h5-20,31,35-36,40H,21-25H2,1-4H3. The average molecular weight is 623 g/mol. The van der Waals surface area contributed by atoms with Gasteiger partial charge in [-0.05, 0) is 58.7 Å². The van der Waals surface area contributed by atoms with Crippen LogP contribution >= 0.6 is 0 Å². The number of epoxide rings is 2.